The molecule has 1 heterocycles. The van der Waals surface area contributed by atoms with Gasteiger partial charge in [0.2, 0.25) is 0 Å². The Hall–Kier alpha value is -0.620. The minimum absolute atomic E-state index is 0.0401. The van der Waals surface area contributed by atoms with E-state index in [2.05, 4.69) is 39.7 Å². The van der Waals surface area contributed by atoms with Crippen LogP contribution >= 0.6 is 22.6 Å². The van der Waals surface area contributed by atoms with Crippen molar-refractivity contribution in [1.82, 2.24) is 10.2 Å². The predicted octanol–water partition coefficient (Wildman–Crippen LogP) is 2.75. The number of carbonyl (C=O) groups excluding carboxylic acids is 1. The molecular formula is C15H21IN2O. The molecule has 0 aliphatic carbocycles. The molecule has 104 valence electrons. The zero-order valence-electron chi connectivity index (χ0n) is 11.4. The van der Waals surface area contributed by atoms with Crippen molar-refractivity contribution in [3.63, 3.8) is 0 Å². The van der Waals surface area contributed by atoms with Crippen LogP contribution in [0, 0.1) is 9.49 Å². The number of hydrogen-bond acceptors (Lipinski definition) is 2. The number of hydrogen-bond donors (Lipinski definition) is 1. The molecule has 1 aromatic rings. The molecular weight excluding hydrogens is 351 g/mol. The molecule has 0 radical (unpaired) electrons. The SMILES string of the molecule is CC(CNC(=O)c1ccccc1I)CN1CCCC1. The lowest BCUT2D eigenvalue weighted by molar-refractivity contribution is 0.0944. The molecule has 0 bridgehead atoms. The Morgan fingerprint density at radius 1 is 1.37 bits per heavy atom. The number of nitrogens with one attached hydrogen (secondary N) is 1. The number of likely N-dealkylation sites (tertiary alicyclic amines) is 1. The number of carbonyl (C=O) groups is 1. The summed E-state index contributed by atoms with van der Waals surface area (Å²) >= 11 is 2.20. The van der Waals surface area contributed by atoms with Gasteiger partial charge in [0.25, 0.3) is 5.91 Å². The Kier molecular flexibility index (Phi) is 5.63. The lowest BCUT2D eigenvalue weighted by Gasteiger charge is -2.20. The smallest absolute Gasteiger partial charge is 0.252 e. The molecule has 1 unspecified atom stereocenters. The van der Waals surface area contributed by atoms with Crippen molar-refractivity contribution in [3.8, 4) is 0 Å². The van der Waals surface area contributed by atoms with Crippen molar-refractivity contribution >= 4 is 28.5 Å². The zero-order chi connectivity index (χ0) is 13.7. The highest BCUT2D eigenvalue weighted by molar-refractivity contribution is 14.1. The maximum Gasteiger partial charge on any atom is 0.252 e. The third-order valence-electron chi connectivity index (χ3n) is 3.50. The quantitative estimate of drug-likeness (QED) is 0.807. The van der Waals surface area contributed by atoms with Crippen LogP contribution in [0.1, 0.15) is 30.1 Å². The van der Waals surface area contributed by atoms with Gasteiger partial charge in [-0.2, -0.15) is 0 Å². The van der Waals surface area contributed by atoms with Crippen LogP contribution in [0.3, 0.4) is 0 Å². The van der Waals surface area contributed by atoms with Crippen LogP contribution in [0.15, 0.2) is 24.3 Å². The topological polar surface area (TPSA) is 32.3 Å². The Bertz CT molecular complexity index is 430. The molecule has 1 fully saturated rings. The van der Waals surface area contributed by atoms with Gasteiger partial charge in [-0.1, -0.05) is 19.1 Å². The van der Waals surface area contributed by atoms with E-state index in [9.17, 15) is 4.79 Å². The average Bonchev–Trinajstić information content (AvgIpc) is 2.89. The fourth-order valence-electron chi connectivity index (χ4n) is 2.48. The zero-order valence-corrected chi connectivity index (χ0v) is 13.5. The fraction of sp³-hybridized carbons (Fsp3) is 0.533. The summed E-state index contributed by atoms with van der Waals surface area (Å²) < 4.78 is 1.00. The van der Waals surface area contributed by atoms with E-state index in [4.69, 9.17) is 0 Å². The monoisotopic (exact) mass is 372 g/mol. The highest BCUT2D eigenvalue weighted by Crippen LogP contribution is 2.12. The standard InChI is InChI=1S/C15H21IN2O/c1-12(11-18-8-4-5-9-18)10-17-15(19)13-6-2-3-7-14(13)16/h2-3,6-7,12H,4-5,8-11H2,1H3,(H,17,19). The maximum atomic E-state index is 12.1. The highest BCUT2D eigenvalue weighted by atomic mass is 127. The van der Waals surface area contributed by atoms with Gasteiger partial charge in [-0.25, -0.2) is 0 Å². The van der Waals surface area contributed by atoms with Crippen molar-refractivity contribution in [2.24, 2.45) is 5.92 Å². The average molecular weight is 372 g/mol. The Morgan fingerprint density at radius 2 is 2.05 bits per heavy atom. The van der Waals surface area contributed by atoms with Crippen molar-refractivity contribution < 1.29 is 4.79 Å². The first-order valence-corrected chi connectivity index (χ1v) is 8.00. The van der Waals surface area contributed by atoms with E-state index in [0.717, 1.165) is 22.2 Å². The molecule has 0 saturated carbocycles. The van der Waals surface area contributed by atoms with Gasteiger partial charge in [-0.3, -0.25) is 4.79 Å². The van der Waals surface area contributed by atoms with Gasteiger partial charge in [0.15, 0.2) is 0 Å². The van der Waals surface area contributed by atoms with Crippen molar-refractivity contribution in [3.05, 3.63) is 33.4 Å². The second-order valence-electron chi connectivity index (χ2n) is 5.30. The molecule has 4 heteroatoms. The molecule has 1 amide bonds. The number of rotatable bonds is 5. The summed E-state index contributed by atoms with van der Waals surface area (Å²) in [7, 11) is 0. The van der Waals surface area contributed by atoms with Crippen LogP contribution in [0.2, 0.25) is 0 Å². The summed E-state index contributed by atoms with van der Waals surface area (Å²) in [6, 6.07) is 7.70. The predicted molar refractivity (Wildman–Crippen MR) is 86.3 cm³/mol. The van der Waals surface area contributed by atoms with E-state index in [1.807, 2.05) is 24.3 Å². The Labute approximate surface area is 128 Å². The summed E-state index contributed by atoms with van der Waals surface area (Å²) in [5.74, 6) is 0.543. The Morgan fingerprint density at radius 3 is 2.74 bits per heavy atom. The normalized spacial score (nSPS) is 17.4. The number of benzene rings is 1. The third-order valence-corrected chi connectivity index (χ3v) is 4.44. The number of nitrogens with zero attached hydrogens (tertiary/aromatic N) is 1. The second-order valence-corrected chi connectivity index (χ2v) is 6.46. The molecule has 1 N–H and O–H groups in total. The molecule has 1 atom stereocenters. The molecule has 0 aromatic heterocycles. The van der Waals surface area contributed by atoms with Gasteiger partial charge >= 0.3 is 0 Å². The van der Waals surface area contributed by atoms with E-state index in [0.29, 0.717) is 5.92 Å². The molecule has 2 rings (SSSR count). The molecule has 0 spiro atoms. The fourth-order valence-corrected chi connectivity index (χ4v) is 3.11. The van der Waals surface area contributed by atoms with E-state index < -0.39 is 0 Å². The number of halogens is 1. The van der Waals surface area contributed by atoms with Gasteiger partial charge in [0.05, 0.1) is 5.56 Å². The first kappa shape index (κ1) is 14.8. The lowest BCUT2D eigenvalue weighted by Crippen LogP contribution is -2.34. The van der Waals surface area contributed by atoms with E-state index in [1.54, 1.807) is 0 Å². The van der Waals surface area contributed by atoms with Crippen LogP contribution in [0.25, 0.3) is 0 Å². The second kappa shape index (κ2) is 7.24. The van der Waals surface area contributed by atoms with Gasteiger partial charge in [0, 0.05) is 16.7 Å². The summed E-state index contributed by atoms with van der Waals surface area (Å²) in [5, 5.41) is 3.04. The maximum absolute atomic E-state index is 12.1. The van der Waals surface area contributed by atoms with Crippen LogP contribution in [0.5, 0.6) is 0 Å². The van der Waals surface area contributed by atoms with Crippen LogP contribution in [-0.2, 0) is 0 Å². The Balaban J connectivity index is 1.78. The van der Waals surface area contributed by atoms with E-state index >= 15 is 0 Å². The first-order valence-electron chi connectivity index (χ1n) is 6.92. The summed E-state index contributed by atoms with van der Waals surface area (Å²) in [6.07, 6.45) is 2.64. The van der Waals surface area contributed by atoms with Crippen molar-refractivity contribution in [1.29, 1.82) is 0 Å². The van der Waals surface area contributed by atoms with E-state index in [1.165, 1.54) is 25.9 Å². The molecule has 1 aliphatic heterocycles. The number of amides is 1. The minimum atomic E-state index is 0.0401. The largest absolute Gasteiger partial charge is 0.352 e. The molecule has 19 heavy (non-hydrogen) atoms. The molecule has 1 saturated heterocycles. The van der Waals surface area contributed by atoms with Gasteiger partial charge < -0.3 is 10.2 Å². The summed E-state index contributed by atoms with van der Waals surface area (Å²) in [4.78, 5) is 14.6. The lowest BCUT2D eigenvalue weighted by atomic mass is 10.1. The van der Waals surface area contributed by atoms with Gasteiger partial charge in [-0.15, -0.1) is 0 Å². The van der Waals surface area contributed by atoms with E-state index in [-0.39, 0.29) is 5.91 Å². The first-order chi connectivity index (χ1) is 9.16. The van der Waals surface area contributed by atoms with Crippen LogP contribution < -0.4 is 5.32 Å². The molecule has 1 aliphatic rings. The minimum Gasteiger partial charge on any atom is -0.352 e. The highest BCUT2D eigenvalue weighted by Gasteiger charge is 2.15. The van der Waals surface area contributed by atoms with Crippen LogP contribution in [0.4, 0.5) is 0 Å². The third kappa shape index (κ3) is 4.45. The van der Waals surface area contributed by atoms with Gasteiger partial charge in [0.1, 0.15) is 0 Å². The molecule has 1 aromatic carbocycles. The molecule has 3 nitrogen and oxygen atoms in total. The van der Waals surface area contributed by atoms with Gasteiger partial charge in [-0.05, 0) is 66.6 Å². The summed E-state index contributed by atoms with van der Waals surface area (Å²) in [5.41, 5.74) is 0.775. The van der Waals surface area contributed by atoms with Crippen molar-refractivity contribution in [2.75, 3.05) is 26.2 Å². The summed E-state index contributed by atoms with van der Waals surface area (Å²) in [6.45, 7) is 6.48. The van der Waals surface area contributed by atoms with Crippen molar-refractivity contribution in [2.45, 2.75) is 19.8 Å². The van der Waals surface area contributed by atoms with Crippen LogP contribution in [-0.4, -0.2) is 37.0 Å².